The molecule has 130 valence electrons. The van der Waals surface area contributed by atoms with E-state index in [2.05, 4.69) is 5.10 Å². The second-order valence-electron chi connectivity index (χ2n) is 5.95. The van der Waals surface area contributed by atoms with Crippen LogP contribution in [0.15, 0.2) is 71.8 Å². The number of ether oxygens (including phenoxy) is 1. The zero-order valence-corrected chi connectivity index (χ0v) is 14.1. The normalized spacial score (nSPS) is 11.0. The van der Waals surface area contributed by atoms with E-state index in [9.17, 15) is 9.18 Å². The van der Waals surface area contributed by atoms with Crippen LogP contribution in [0.5, 0.6) is 5.75 Å². The van der Waals surface area contributed by atoms with E-state index in [-0.39, 0.29) is 11.4 Å². The molecule has 26 heavy (non-hydrogen) atoms. The van der Waals surface area contributed by atoms with Crippen LogP contribution in [-0.4, -0.2) is 21.3 Å². The fraction of sp³-hybridized carbons (Fsp3) is 0.100. The number of benzene rings is 2. The molecule has 0 radical (unpaired) electrons. The monoisotopic (exact) mass is 349 g/mol. The van der Waals surface area contributed by atoms with E-state index in [1.165, 1.54) is 12.1 Å². The van der Waals surface area contributed by atoms with E-state index in [1.807, 2.05) is 24.3 Å². The molecule has 4 aromatic rings. The fourth-order valence-electron chi connectivity index (χ4n) is 2.84. The van der Waals surface area contributed by atoms with Gasteiger partial charge >= 0.3 is 0 Å². The average Bonchev–Trinajstić information content (AvgIpc) is 3.11. The lowest BCUT2D eigenvalue weighted by Crippen LogP contribution is -2.21. The Hall–Kier alpha value is -3.41. The van der Waals surface area contributed by atoms with Crippen LogP contribution in [0.2, 0.25) is 0 Å². The molecule has 0 bridgehead atoms. The lowest BCUT2D eigenvalue weighted by molar-refractivity contribution is 0.415. The van der Waals surface area contributed by atoms with E-state index in [0.29, 0.717) is 17.8 Å². The summed E-state index contributed by atoms with van der Waals surface area (Å²) in [5.74, 6) is 0.468. The van der Waals surface area contributed by atoms with Crippen LogP contribution >= 0.6 is 0 Å². The number of fused-ring (bicyclic) bond motifs is 1. The number of methoxy groups -OCH3 is 1. The molecule has 0 N–H and O–H groups in total. The average molecular weight is 349 g/mol. The minimum atomic E-state index is -0.295. The molecule has 2 heterocycles. The molecular weight excluding hydrogens is 333 g/mol. The Bertz CT molecular complexity index is 1110. The van der Waals surface area contributed by atoms with Gasteiger partial charge in [-0.15, -0.1) is 0 Å². The summed E-state index contributed by atoms with van der Waals surface area (Å²) < 4.78 is 21.4. The van der Waals surface area contributed by atoms with E-state index in [1.54, 1.807) is 46.8 Å². The Balaban J connectivity index is 1.71. The number of rotatable bonds is 4. The predicted octanol–water partition coefficient (Wildman–Crippen LogP) is 3.36. The first-order valence-corrected chi connectivity index (χ1v) is 8.12. The van der Waals surface area contributed by atoms with Crippen LogP contribution < -0.4 is 10.3 Å². The smallest absolute Gasteiger partial charge is 0.276 e. The van der Waals surface area contributed by atoms with Crippen molar-refractivity contribution in [1.82, 2.24) is 14.2 Å². The van der Waals surface area contributed by atoms with E-state index >= 15 is 0 Å². The van der Waals surface area contributed by atoms with Crippen LogP contribution in [0.1, 0.15) is 5.56 Å². The third kappa shape index (κ3) is 2.97. The number of aromatic nitrogens is 3. The molecule has 2 aromatic carbocycles. The zero-order valence-electron chi connectivity index (χ0n) is 14.1. The van der Waals surface area contributed by atoms with Gasteiger partial charge in [0, 0.05) is 18.0 Å². The number of hydrogen-bond acceptors (Lipinski definition) is 3. The van der Waals surface area contributed by atoms with Gasteiger partial charge in [-0.1, -0.05) is 12.1 Å². The number of halogens is 1. The highest BCUT2D eigenvalue weighted by Crippen LogP contribution is 2.21. The quantitative estimate of drug-likeness (QED) is 0.568. The van der Waals surface area contributed by atoms with Crippen molar-refractivity contribution in [3.05, 3.63) is 88.7 Å². The van der Waals surface area contributed by atoms with E-state index in [4.69, 9.17) is 4.74 Å². The van der Waals surface area contributed by atoms with Crippen molar-refractivity contribution in [2.24, 2.45) is 0 Å². The van der Waals surface area contributed by atoms with Gasteiger partial charge < -0.3 is 9.30 Å². The van der Waals surface area contributed by atoms with E-state index < -0.39 is 0 Å². The van der Waals surface area contributed by atoms with Gasteiger partial charge in [0.1, 0.15) is 17.1 Å². The molecular formula is C20H16FN3O2. The van der Waals surface area contributed by atoms with Crippen molar-refractivity contribution in [2.75, 3.05) is 7.11 Å². The molecule has 5 nitrogen and oxygen atoms in total. The summed E-state index contributed by atoms with van der Waals surface area (Å²) in [5, 5.41) is 4.47. The second kappa shape index (κ2) is 6.48. The van der Waals surface area contributed by atoms with Crippen LogP contribution in [0, 0.1) is 5.82 Å². The molecule has 0 aliphatic carbocycles. The summed E-state index contributed by atoms with van der Waals surface area (Å²) in [5.41, 5.74) is 2.81. The maximum absolute atomic E-state index is 13.0. The van der Waals surface area contributed by atoms with Gasteiger partial charge in [0.25, 0.3) is 5.56 Å². The third-order valence-corrected chi connectivity index (χ3v) is 4.26. The van der Waals surface area contributed by atoms with Crippen molar-refractivity contribution in [2.45, 2.75) is 6.54 Å². The van der Waals surface area contributed by atoms with Crippen molar-refractivity contribution in [3.63, 3.8) is 0 Å². The summed E-state index contributed by atoms with van der Waals surface area (Å²) >= 11 is 0. The minimum absolute atomic E-state index is 0.149. The van der Waals surface area contributed by atoms with Crippen molar-refractivity contribution in [3.8, 4) is 17.0 Å². The highest BCUT2D eigenvalue weighted by molar-refractivity contribution is 5.66. The second-order valence-corrected chi connectivity index (χ2v) is 5.95. The van der Waals surface area contributed by atoms with Crippen LogP contribution in [0.25, 0.3) is 16.8 Å². The van der Waals surface area contributed by atoms with Gasteiger partial charge in [0.15, 0.2) is 0 Å². The number of hydrogen-bond donors (Lipinski definition) is 0. The van der Waals surface area contributed by atoms with Gasteiger partial charge in [-0.05, 0) is 48.0 Å². The van der Waals surface area contributed by atoms with Crippen LogP contribution in [0.4, 0.5) is 4.39 Å². The molecule has 0 atom stereocenters. The first-order valence-electron chi connectivity index (χ1n) is 8.12. The summed E-state index contributed by atoms with van der Waals surface area (Å²) in [7, 11) is 1.61. The highest BCUT2D eigenvalue weighted by Gasteiger charge is 2.10. The highest BCUT2D eigenvalue weighted by atomic mass is 19.1. The molecule has 0 saturated carbocycles. The maximum atomic E-state index is 13.0. The number of nitrogens with zero attached hydrogens (tertiary/aromatic N) is 3. The topological polar surface area (TPSA) is 48.5 Å². The Morgan fingerprint density at radius 2 is 1.77 bits per heavy atom. The zero-order chi connectivity index (χ0) is 18.1. The lowest BCUT2D eigenvalue weighted by Gasteiger charge is -2.06. The van der Waals surface area contributed by atoms with Gasteiger partial charge in [-0.2, -0.15) is 5.10 Å². The van der Waals surface area contributed by atoms with Gasteiger partial charge in [-0.25, -0.2) is 8.91 Å². The minimum Gasteiger partial charge on any atom is -0.497 e. The molecule has 0 spiro atoms. The summed E-state index contributed by atoms with van der Waals surface area (Å²) in [6.45, 7) is 0.374. The van der Waals surface area contributed by atoms with Crippen LogP contribution in [0.3, 0.4) is 0 Å². The molecule has 0 aliphatic rings. The fourth-order valence-corrected chi connectivity index (χ4v) is 2.84. The summed E-state index contributed by atoms with van der Waals surface area (Å²) in [6, 6.07) is 15.4. The Morgan fingerprint density at radius 3 is 2.46 bits per heavy atom. The molecule has 6 heteroatoms. The molecule has 0 fully saturated rings. The van der Waals surface area contributed by atoms with E-state index in [0.717, 1.165) is 16.9 Å². The Kier molecular flexibility index (Phi) is 4.01. The van der Waals surface area contributed by atoms with Crippen LogP contribution in [-0.2, 0) is 6.54 Å². The SMILES string of the molecule is COc1ccc(-c2cc3c(=O)n(Cc4ccc(F)cc4)ccn3n2)cc1. The predicted molar refractivity (Wildman–Crippen MR) is 96.9 cm³/mol. The summed E-state index contributed by atoms with van der Waals surface area (Å²) in [6.07, 6.45) is 3.43. The van der Waals surface area contributed by atoms with Crippen molar-refractivity contribution >= 4 is 5.52 Å². The molecule has 0 saturated heterocycles. The first-order chi connectivity index (χ1) is 12.6. The molecule has 2 aromatic heterocycles. The maximum Gasteiger partial charge on any atom is 0.276 e. The molecule has 4 rings (SSSR count). The molecule has 0 aliphatic heterocycles. The van der Waals surface area contributed by atoms with Crippen molar-refractivity contribution < 1.29 is 9.13 Å². The van der Waals surface area contributed by atoms with Gasteiger partial charge in [0.05, 0.1) is 19.3 Å². The largest absolute Gasteiger partial charge is 0.497 e. The first kappa shape index (κ1) is 16.1. The standard InChI is InChI=1S/C20H16FN3O2/c1-26-17-8-4-15(5-9-17)18-12-19-20(25)23(10-11-24(19)22-18)13-14-2-6-16(21)7-3-14/h2-12H,13H2,1H3. The third-order valence-electron chi connectivity index (χ3n) is 4.26. The van der Waals surface area contributed by atoms with Gasteiger partial charge in [0.2, 0.25) is 0 Å². The lowest BCUT2D eigenvalue weighted by atomic mass is 10.1. The molecule has 0 unspecified atom stereocenters. The Morgan fingerprint density at radius 1 is 1.04 bits per heavy atom. The van der Waals surface area contributed by atoms with Crippen molar-refractivity contribution in [1.29, 1.82) is 0 Å². The molecule has 0 amide bonds. The van der Waals surface area contributed by atoms with Gasteiger partial charge in [-0.3, -0.25) is 4.79 Å². The Labute approximate surface area is 148 Å². The summed E-state index contributed by atoms with van der Waals surface area (Å²) in [4.78, 5) is 12.8.